The van der Waals surface area contributed by atoms with Gasteiger partial charge in [-0.1, -0.05) is 71.3 Å². The number of phenolic OH excluding ortho intramolecular Hbond substituents is 1. The zero-order chi connectivity index (χ0) is 21.2. The van der Waals surface area contributed by atoms with Crippen LogP contribution in [0.3, 0.4) is 0 Å². The minimum Gasteiger partial charge on any atom is -0.504 e. The van der Waals surface area contributed by atoms with Crippen molar-refractivity contribution in [3.8, 4) is 11.5 Å². The van der Waals surface area contributed by atoms with Crippen LogP contribution in [0.2, 0.25) is 0 Å². The molecule has 3 rings (SSSR count). The van der Waals surface area contributed by atoms with Crippen molar-refractivity contribution in [2.24, 2.45) is 5.10 Å². The highest BCUT2D eigenvalue weighted by Crippen LogP contribution is 2.31. The number of hydrazone groups is 1. The Hall–Kier alpha value is -2.56. The van der Waals surface area contributed by atoms with Gasteiger partial charge in [-0.15, -0.1) is 10.2 Å². The molecule has 0 aliphatic carbocycles. The lowest BCUT2D eigenvalue weighted by Crippen LogP contribution is -2.19. The van der Waals surface area contributed by atoms with Gasteiger partial charge in [0, 0.05) is 11.3 Å². The minimum atomic E-state index is -0.273. The zero-order valence-corrected chi connectivity index (χ0v) is 18.6. The maximum atomic E-state index is 12.0. The summed E-state index contributed by atoms with van der Waals surface area (Å²) in [5.41, 5.74) is 4.12. The second-order valence-electron chi connectivity index (χ2n) is 5.82. The molecule has 30 heavy (non-hydrogen) atoms. The molecular formula is C20H20N4O3S3. The molecule has 0 fully saturated rings. The van der Waals surface area contributed by atoms with E-state index in [9.17, 15) is 9.90 Å². The number of rotatable bonds is 10. The summed E-state index contributed by atoms with van der Waals surface area (Å²) in [6.07, 6.45) is 1.38. The maximum Gasteiger partial charge on any atom is 0.250 e. The molecule has 0 aliphatic heterocycles. The van der Waals surface area contributed by atoms with Crippen molar-refractivity contribution in [3.63, 3.8) is 0 Å². The van der Waals surface area contributed by atoms with Gasteiger partial charge in [0.15, 0.2) is 20.2 Å². The molecule has 0 unspecified atom stereocenters. The van der Waals surface area contributed by atoms with Crippen LogP contribution in [0, 0.1) is 0 Å². The number of nitrogens with zero attached hydrogens (tertiary/aromatic N) is 3. The Morgan fingerprint density at radius 2 is 1.93 bits per heavy atom. The van der Waals surface area contributed by atoms with Gasteiger partial charge in [0.05, 0.1) is 18.6 Å². The molecule has 0 atom stereocenters. The van der Waals surface area contributed by atoms with Crippen molar-refractivity contribution in [3.05, 3.63) is 59.7 Å². The molecule has 7 nitrogen and oxygen atoms in total. The Kier molecular flexibility index (Phi) is 8.54. The van der Waals surface area contributed by atoms with Crippen molar-refractivity contribution in [1.29, 1.82) is 0 Å². The molecule has 1 aromatic heterocycles. The van der Waals surface area contributed by atoms with E-state index in [1.165, 1.54) is 34.9 Å². The first kappa shape index (κ1) is 22.1. The van der Waals surface area contributed by atoms with Crippen LogP contribution < -0.4 is 10.2 Å². The number of para-hydroxylation sites is 1. The van der Waals surface area contributed by atoms with E-state index in [0.717, 1.165) is 14.4 Å². The Labute approximate surface area is 187 Å². The van der Waals surface area contributed by atoms with E-state index < -0.39 is 0 Å². The highest BCUT2D eigenvalue weighted by Gasteiger charge is 2.09. The smallest absolute Gasteiger partial charge is 0.250 e. The van der Waals surface area contributed by atoms with Crippen LogP contribution in [0.4, 0.5) is 0 Å². The summed E-state index contributed by atoms with van der Waals surface area (Å²) >= 11 is 4.39. The summed E-state index contributed by atoms with van der Waals surface area (Å²) in [5.74, 6) is 1.08. The van der Waals surface area contributed by atoms with Gasteiger partial charge in [-0.25, -0.2) is 5.43 Å². The largest absolute Gasteiger partial charge is 0.504 e. The van der Waals surface area contributed by atoms with Gasteiger partial charge >= 0.3 is 0 Å². The number of carbonyl (C=O) groups is 1. The lowest BCUT2D eigenvalue weighted by atomic mass is 10.2. The quantitative estimate of drug-likeness (QED) is 0.266. The Bertz CT molecular complexity index is 996. The number of ether oxygens (including phenoxy) is 1. The second-order valence-corrected chi connectivity index (χ2v) is 9.24. The number of phenols is 1. The van der Waals surface area contributed by atoms with Crippen molar-refractivity contribution in [2.45, 2.75) is 21.4 Å². The van der Waals surface area contributed by atoms with Crippen molar-refractivity contribution in [1.82, 2.24) is 15.6 Å². The number of aromatic nitrogens is 2. The van der Waals surface area contributed by atoms with E-state index in [4.69, 9.17) is 4.74 Å². The second kappa shape index (κ2) is 11.6. The Morgan fingerprint density at radius 3 is 2.70 bits per heavy atom. The Balaban J connectivity index is 1.43. The summed E-state index contributed by atoms with van der Waals surface area (Å²) in [4.78, 5) is 12.0. The fraction of sp³-hybridized carbons (Fsp3) is 0.200. The lowest BCUT2D eigenvalue weighted by molar-refractivity contribution is -0.118. The predicted octanol–water partition coefficient (Wildman–Crippen LogP) is 4.18. The van der Waals surface area contributed by atoms with Gasteiger partial charge in [0.25, 0.3) is 5.91 Å². The van der Waals surface area contributed by atoms with Crippen molar-refractivity contribution >= 4 is 47.0 Å². The fourth-order valence-corrected chi connectivity index (χ4v) is 5.05. The summed E-state index contributed by atoms with van der Waals surface area (Å²) < 4.78 is 6.91. The van der Waals surface area contributed by atoms with Gasteiger partial charge < -0.3 is 9.84 Å². The first-order chi connectivity index (χ1) is 14.7. The van der Waals surface area contributed by atoms with Crippen molar-refractivity contribution in [2.75, 3.05) is 12.4 Å². The van der Waals surface area contributed by atoms with Gasteiger partial charge in [0.2, 0.25) is 0 Å². The van der Waals surface area contributed by atoms with Gasteiger partial charge in [-0.3, -0.25) is 4.79 Å². The highest BCUT2D eigenvalue weighted by molar-refractivity contribution is 8.03. The van der Waals surface area contributed by atoms with Crippen molar-refractivity contribution < 1.29 is 14.6 Å². The molecular weight excluding hydrogens is 440 g/mol. The van der Waals surface area contributed by atoms with Crippen LogP contribution in [0.5, 0.6) is 11.5 Å². The zero-order valence-electron chi connectivity index (χ0n) is 16.1. The molecule has 2 N–H and O–H groups in total. The molecule has 0 spiro atoms. The number of amides is 1. The van der Waals surface area contributed by atoms with E-state index in [-0.39, 0.29) is 17.4 Å². The van der Waals surface area contributed by atoms with E-state index in [0.29, 0.717) is 17.9 Å². The number of carbonyl (C=O) groups excluding carboxylic acids is 1. The minimum absolute atomic E-state index is 0.0129. The molecule has 3 aromatic rings. The molecule has 0 bridgehead atoms. The molecule has 2 aromatic carbocycles. The summed E-state index contributed by atoms with van der Waals surface area (Å²) in [6, 6.07) is 15.2. The summed E-state index contributed by atoms with van der Waals surface area (Å²) in [6.45, 7) is 2.28. The normalized spacial score (nSPS) is 11.0. The number of benzene rings is 2. The van der Waals surface area contributed by atoms with Gasteiger partial charge in [0.1, 0.15) is 0 Å². The lowest BCUT2D eigenvalue weighted by Gasteiger charge is -2.07. The summed E-state index contributed by atoms with van der Waals surface area (Å²) in [7, 11) is 0. The topological polar surface area (TPSA) is 96.7 Å². The van der Waals surface area contributed by atoms with Crippen LogP contribution in [0.25, 0.3) is 0 Å². The first-order valence-corrected chi connectivity index (χ1v) is 11.8. The van der Waals surface area contributed by atoms with E-state index >= 15 is 0 Å². The van der Waals surface area contributed by atoms with E-state index in [1.54, 1.807) is 30.0 Å². The molecule has 0 aliphatic rings. The van der Waals surface area contributed by atoms with Gasteiger partial charge in [-0.05, 0) is 24.6 Å². The third kappa shape index (κ3) is 6.75. The number of hydrogen-bond donors (Lipinski definition) is 2. The number of nitrogens with one attached hydrogen (secondary N) is 1. The average Bonchev–Trinajstić information content (AvgIpc) is 3.22. The Morgan fingerprint density at radius 1 is 1.17 bits per heavy atom. The number of aromatic hydroxyl groups is 1. The SMILES string of the molecule is CCOc1cccc(C=NNC(=O)CSc2nnc(SCc3ccccc3)s2)c1O. The number of hydrogen-bond acceptors (Lipinski definition) is 9. The summed E-state index contributed by atoms with van der Waals surface area (Å²) in [5, 5.41) is 22.3. The molecule has 1 amide bonds. The van der Waals surface area contributed by atoms with E-state index in [2.05, 4.69) is 32.9 Å². The molecule has 10 heteroatoms. The van der Waals surface area contributed by atoms with E-state index in [1.807, 2.05) is 25.1 Å². The molecule has 0 saturated heterocycles. The third-order valence-corrected chi connectivity index (χ3v) is 6.90. The first-order valence-electron chi connectivity index (χ1n) is 9.05. The van der Waals surface area contributed by atoms with Crippen LogP contribution in [0.1, 0.15) is 18.1 Å². The van der Waals surface area contributed by atoms with Crippen LogP contribution >= 0.6 is 34.9 Å². The van der Waals surface area contributed by atoms with Crippen LogP contribution in [-0.4, -0.2) is 39.8 Å². The van der Waals surface area contributed by atoms with Gasteiger partial charge in [-0.2, -0.15) is 5.10 Å². The molecule has 1 heterocycles. The standard InChI is InChI=1S/C20H20N4O3S3/c1-2-27-16-10-6-9-15(18(16)26)11-21-22-17(25)13-29-20-24-23-19(30-20)28-12-14-7-4-3-5-8-14/h3-11,26H,2,12-13H2,1H3,(H,22,25). The van der Waals surface area contributed by atoms with Crippen LogP contribution in [0.15, 0.2) is 62.3 Å². The fourth-order valence-electron chi connectivity index (χ4n) is 2.28. The number of thioether (sulfide) groups is 2. The monoisotopic (exact) mass is 460 g/mol. The van der Waals surface area contributed by atoms with Crippen LogP contribution in [-0.2, 0) is 10.5 Å². The highest BCUT2D eigenvalue weighted by atomic mass is 32.2. The molecule has 0 radical (unpaired) electrons. The predicted molar refractivity (Wildman–Crippen MR) is 122 cm³/mol. The molecule has 0 saturated carbocycles. The average molecular weight is 461 g/mol. The molecule has 156 valence electrons. The third-order valence-electron chi connectivity index (χ3n) is 3.64. The maximum absolute atomic E-state index is 12.0.